The van der Waals surface area contributed by atoms with E-state index in [-0.39, 0.29) is 16.2 Å². The molecule has 5 nitrogen and oxygen atoms in total. The van der Waals surface area contributed by atoms with Crippen LogP contribution < -0.4 is 19.1 Å². The Hall–Kier alpha value is -5.17. The molecule has 0 radical (unpaired) electrons. The van der Waals surface area contributed by atoms with Crippen molar-refractivity contribution >= 4 is 34.3 Å². The van der Waals surface area contributed by atoms with E-state index >= 15 is 0 Å². The maximum absolute atomic E-state index is 7.91. The summed E-state index contributed by atoms with van der Waals surface area (Å²) in [6, 6.07) is 40.2. The average Bonchev–Trinajstić information content (AvgIpc) is 3.53. The lowest BCUT2D eigenvalue weighted by Crippen LogP contribution is -2.44. The van der Waals surface area contributed by atoms with Crippen molar-refractivity contribution in [3.63, 3.8) is 0 Å². The van der Waals surface area contributed by atoms with Gasteiger partial charge in [-0.05, 0) is 129 Å². The van der Waals surface area contributed by atoms with Gasteiger partial charge < -0.3 is 23.8 Å². The Bertz CT molecular complexity index is 2590. The number of thioether (sulfide) groups is 1. The molecule has 4 aliphatic rings. The van der Waals surface area contributed by atoms with E-state index in [0.717, 1.165) is 78.7 Å². The molecule has 10 rings (SSSR count). The van der Waals surface area contributed by atoms with Crippen molar-refractivity contribution in [3.8, 4) is 39.5 Å². The van der Waals surface area contributed by atoms with E-state index in [0.29, 0.717) is 0 Å². The fraction of sp³-hybridized carbons (Fsp3) is 0.345. The minimum Gasteiger partial charge on any atom is -0.497 e. The zero-order chi connectivity index (χ0) is 42.1. The molecule has 6 heteroatoms. The Morgan fingerprint density at radius 1 is 0.689 bits per heavy atom. The molecule has 6 aromatic rings. The molecular formula is C55H57NO4S. The van der Waals surface area contributed by atoms with Crippen LogP contribution in [0.2, 0.25) is 0 Å². The average molecular weight is 828 g/mol. The SMILES string of the molecule is CCSc1cc2c3c(c4c(c2cc1-c1ccc(N2CCOCC2)cc1)OC(c1ccc(OC)cc1)(c1ccc(OC)cc1)C=C4)C1(CC(C)(C)CC(C)(C)C1)c1ccccc1-3. The molecule has 2 heterocycles. The third kappa shape index (κ3) is 6.64. The van der Waals surface area contributed by atoms with Crippen LogP contribution in [-0.4, -0.2) is 46.3 Å². The number of ether oxygens (including phenoxy) is 4. The third-order valence-corrected chi connectivity index (χ3v) is 14.7. The van der Waals surface area contributed by atoms with E-state index in [1.54, 1.807) is 14.2 Å². The van der Waals surface area contributed by atoms with Crippen LogP contribution in [0, 0.1) is 10.8 Å². The molecule has 2 aliphatic carbocycles. The topological polar surface area (TPSA) is 40.2 Å². The molecule has 1 saturated carbocycles. The summed E-state index contributed by atoms with van der Waals surface area (Å²) in [4.78, 5) is 3.72. The second kappa shape index (κ2) is 15.0. The fourth-order valence-electron chi connectivity index (χ4n) is 12.0. The Morgan fingerprint density at radius 2 is 1.31 bits per heavy atom. The zero-order valence-electron chi connectivity index (χ0n) is 36.7. The van der Waals surface area contributed by atoms with Crippen molar-refractivity contribution in [2.45, 2.75) is 69.8 Å². The predicted octanol–water partition coefficient (Wildman–Crippen LogP) is 13.3. The monoisotopic (exact) mass is 827 g/mol. The van der Waals surface area contributed by atoms with Crippen molar-refractivity contribution in [1.29, 1.82) is 0 Å². The van der Waals surface area contributed by atoms with Crippen LogP contribution >= 0.6 is 11.8 Å². The predicted molar refractivity (Wildman–Crippen MR) is 253 cm³/mol. The molecule has 1 saturated heterocycles. The minimum atomic E-state index is -0.923. The van der Waals surface area contributed by atoms with Crippen molar-refractivity contribution in [2.24, 2.45) is 10.8 Å². The highest BCUT2D eigenvalue weighted by molar-refractivity contribution is 7.99. The number of hydrogen-bond donors (Lipinski definition) is 0. The molecule has 2 aliphatic heterocycles. The largest absolute Gasteiger partial charge is 0.497 e. The van der Waals surface area contributed by atoms with Gasteiger partial charge in [0, 0.05) is 51.2 Å². The van der Waals surface area contributed by atoms with Crippen molar-refractivity contribution in [3.05, 3.63) is 143 Å². The molecule has 2 fully saturated rings. The van der Waals surface area contributed by atoms with Gasteiger partial charge in [-0.2, -0.15) is 0 Å². The highest BCUT2D eigenvalue weighted by Gasteiger charge is 2.55. The molecule has 0 atom stereocenters. The first-order valence-corrected chi connectivity index (χ1v) is 23.0. The normalized spacial score (nSPS) is 18.9. The van der Waals surface area contributed by atoms with E-state index in [4.69, 9.17) is 18.9 Å². The first-order chi connectivity index (χ1) is 29.5. The van der Waals surface area contributed by atoms with Crippen LogP contribution in [0.3, 0.4) is 0 Å². The quantitative estimate of drug-likeness (QED) is 0.142. The lowest BCUT2D eigenvalue weighted by Gasteiger charge is -2.52. The molecular weight excluding hydrogens is 771 g/mol. The van der Waals surface area contributed by atoms with Gasteiger partial charge in [0.1, 0.15) is 17.2 Å². The molecule has 6 aromatic carbocycles. The summed E-state index contributed by atoms with van der Waals surface area (Å²) in [5.41, 5.74) is 11.7. The third-order valence-electron chi connectivity index (χ3n) is 13.7. The maximum atomic E-state index is 7.91. The highest BCUT2D eigenvalue weighted by atomic mass is 32.2. The number of nitrogens with zero attached hydrogens (tertiary/aromatic N) is 1. The van der Waals surface area contributed by atoms with Crippen LogP contribution in [0.4, 0.5) is 5.69 Å². The summed E-state index contributed by atoms with van der Waals surface area (Å²) in [5.74, 6) is 3.53. The van der Waals surface area contributed by atoms with Crippen LogP contribution in [0.5, 0.6) is 17.2 Å². The summed E-state index contributed by atoms with van der Waals surface area (Å²) >= 11 is 1.93. The number of rotatable bonds is 8. The van der Waals surface area contributed by atoms with Crippen LogP contribution in [0.1, 0.15) is 81.7 Å². The van der Waals surface area contributed by atoms with Crippen molar-refractivity contribution in [1.82, 2.24) is 0 Å². The van der Waals surface area contributed by atoms with Crippen LogP contribution in [0.15, 0.2) is 120 Å². The van der Waals surface area contributed by atoms with Gasteiger partial charge in [0.2, 0.25) is 0 Å². The van der Waals surface area contributed by atoms with Crippen molar-refractivity contribution in [2.75, 3.05) is 51.2 Å². The van der Waals surface area contributed by atoms with Gasteiger partial charge in [-0.1, -0.05) is 101 Å². The molecule has 0 bridgehead atoms. The van der Waals surface area contributed by atoms with Gasteiger partial charge >= 0.3 is 0 Å². The van der Waals surface area contributed by atoms with E-state index < -0.39 is 5.60 Å². The molecule has 0 amide bonds. The molecule has 312 valence electrons. The Balaban J connectivity index is 1.28. The van der Waals surface area contributed by atoms with Gasteiger partial charge in [0.25, 0.3) is 0 Å². The second-order valence-corrected chi connectivity index (χ2v) is 20.4. The molecule has 0 unspecified atom stereocenters. The van der Waals surface area contributed by atoms with Gasteiger partial charge in [-0.15, -0.1) is 11.8 Å². The summed E-state index contributed by atoms with van der Waals surface area (Å²) in [5, 5.41) is 2.40. The number of methoxy groups -OCH3 is 2. The van der Waals surface area contributed by atoms with Gasteiger partial charge in [-0.25, -0.2) is 0 Å². The van der Waals surface area contributed by atoms with Crippen LogP contribution in [-0.2, 0) is 15.8 Å². The first kappa shape index (κ1) is 39.9. The number of hydrogen-bond acceptors (Lipinski definition) is 6. The number of fused-ring (bicyclic) bond motifs is 10. The van der Waals surface area contributed by atoms with E-state index in [1.807, 2.05) is 36.0 Å². The highest BCUT2D eigenvalue weighted by Crippen LogP contribution is 2.67. The fourth-order valence-corrected chi connectivity index (χ4v) is 12.9. The molecule has 61 heavy (non-hydrogen) atoms. The molecule has 1 spiro atoms. The molecule has 0 aromatic heterocycles. The standard InChI is InChI=1S/C55H57NO4S/c1-8-61-48-32-45-46(31-44(48)36-13-19-39(20-14-36)56-27-29-59-30-28-56)51-43(50-49(45)42-11-9-10-12-47(42)54(50)34-52(2,3)33-53(4,5)35-54)25-26-55(60-51,37-15-21-40(57-6)22-16-37)38-17-23-41(58-7)24-18-38/h9-26,31-32H,8,27-30,33-35H2,1-7H3. The van der Waals surface area contributed by atoms with Gasteiger partial charge in [0.05, 0.1) is 27.4 Å². The Kier molecular flexibility index (Phi) is 9.84. The summed E-state index contributed by atoms with van der Waals surface area (Å²) in [6.45, 7) is 15.6. The lowest BCUT2D eigenvalue weighted by molar-refractivity contribution is 0.0642. The smallest absolute Gasteiger partial charge is 0.178 e. The van der Waals surface area contributed by atoms with E-state index in [2.05, 4.69) is 137 Å². The Labute approximate surface area is 366 Å². The van der Waals surface area contributed by atoms with Crippen LogP contribution in [0.25, 0.3) is 39.1 Å². The summed E-state index contributed by atoms with van der Waals surface area (Å²) in [6.07, 6.45) is 8.06. The van der Waals surface area contributed by atoms with E-state index in [1.165, 1.54) is 61.3 Å². The second-order valence-electron chi connectivity index (χ2n) is 19.1. The van der Waals surface area contributed by atoms with E-state index in [9.17, 15) is 0 Å². The molecule has 0 N–H and O–H groups in total. The minimum absolute atomic E-state index is 0.133. The summed E-state index contributed by atoms with van der Waals surface area (Å²) < 4.78 is 24.9. The summed E-state index contributed by atoms with van der Waals surface area (Å²) in [7, 11) is 3.43. The number of anilines is 1. The first-order valence-electron chi connectivity index (χ1n) is 22.0. The zero-order valence-corrected chi connectivity index (χ0v) is 37.5. The Morgan fingerprint density at radius 3 is 1.92 bits per heavy atom. The number of morpholine rings is 1. The maximum Gasteiger partial charge on any atom is 0.178 e. The van der Waals surface area contributed by atoms with Crippen molar-refractivity contribution < 1.29 is 18.9 Å². The van der Waals surface area contributed by atoms with Gasteiger partial charge in [-0.3, -0.25) is 0 Å². The van der Waals surface area contributed by atoms with Gasteiger partial charge in [0.15, 0.2) is 5.60 Å². The lowest BCUT2D eigenvalue weighted by atomic mass is 9.52. The number of benzene rings is 6.